The number of amides is 2. The molecule has 2 aromatic rings. The second-order valence-electron chi connectivity index (χ2n) is 5.28. The van der Waals surface area contributed by atoms with E-state index in [2.05, 4.69) is 26.8 Å². The van der Waals surface area contributed by atoms with Gasteiger partial charge in [0.15, 0.2) is 0 Å². The molecular weight excluding hydrogens is 377 g/mol. The third-order valence-electron chi connectivity index (χ3n) is 3.19. The number of carbonyl (C=O) groups is 2. The lowest BCUT2D eigenvalue weighted by molar-refractivity contribution is -0.122. The van der Waals surface area contributed by atoms with Gasteiger partial charge >= 0.3 is 0 Å². The van der Waals surface area contributed by atoms with Crippen LogP contribution in [-0.2, 0) is 11.3 Å². The van der Waals surface area contributed by atoms with E-state index in [1.807, 2.05) is 0 Å². The van der Waals surface area contributed by atoms with E-state index in [0.29, 0.717) is 16.6 Å². The fourth-order valence-electron chi connectivity index (χ4n) is 2.13. The SMILES string of the molecule is CN(CC(=O)NNC(=O)c1ccccc1Br)Cc1cccc(F)c1. The number of likely N-dealkylation sites (N-methyl/N-ethyl adjacent to an activating group) is 1. The Morgan fingerprint density at radius 1 is 1.12 bits per heavy atom. The number of hydrogen-bond acceptors (Lipinski definition) is 3. The molecule has 0 heterocycles. The van der Waals surface area contributed by atoms with Crippen LogP contribution in [0.1, 0.15) is 15.9 Å². The lowest BCUT2D eigenvalue weighted by atomic mass is 10.2. The van der Waals surface area contributed by atoms with Gasteiger partial charge in [0.05, 0.1) is 12.1 Å². The summed E-state index contributed by atoms with van der Waals surface area (Å²) in [5, 5.41) is 0. The maximum atomic E-state index is 13.1. The van der Waals surface area contributed by atoms with Crippen molar-refractivity contribution in [2.24, 2.45) is 0 Å². The first-order chi connectivity index (χ1) is 11.5. The first kappa shape index (κ1) is 18.1. The summed E-state index contributed by atoms with van der Waals surface area (Å²) in [7, 11) is 1.74. The molecule has 7 heteroatoms. The van der Waals surface area contributed by atoms with E-state index in [-0.39, 0.29) is 18.3 Å². The summed E-state index contributed by atoms with van der Waals surface area (Å²) in [4.78, 5) is 25.6. The molecule has 0 aliphatic carbocycles. The Hall–Kier alpha value is -2.25. The van der Waals surface area contributed by atoms with E-state index in [4.69, 9.17) is 0 Å². The zero-order chi connectivity index (χ0) is 17.5. The van der Waals surface area contributed by atoms with E-state index in [9.17, 15) is 14.0 Å². The van der Waals surface area contributed by atoms with Crippen LogP contribution in [0.2, 0.25) is 0 Å². The standard InChI is InChI=1S/C17H17BrFN3O2/c1-22(10-12-5-4-6-13(19)9-12)11-16(23)20-21-17(24)14-7-2-3-8-15(14)18/h2-9H,10-11H2,1H3,(H,20,23)(H,21,24). The zero-order valence-corrected chi connectivity index (χ0v) is 14.6. The van der Waals surface area contributed by atoms with E-state index in [1.54, 1.807) is 48.3 Å². The monoisotopic (exact) mass is 393 g/mol. The van der Waals surface area contributed by atoms with Gasteiger partial charge in [-0.15, -0.1) is 0 Å². The van der Waals surface area contributed by atoms with E-state index < -0.39 is 5.91 Å². The number of benzene rings is 2. The minimum Gasteiger partial charge on any atom is -0.293 e. The van der Waals surface area contributed by atoms with Gasteiger partial charge in [-0.2, -0.15) is 0 Å². The van der Waals surface area contributed by atoms with Crippen LogP contribution in [0.4, 0.5) is 4.39 Å². The number of carbonyl (C=O) groups excluding carboxylic acids is 2. The van der Waals surface area contributed by atoms with Gasteiger partial charge in [-0.25, -0.2) is 4.39 Å². The average molecular weight is 394 g/mol. The molecule has 2 rings (SSSR count). The van der Waals surface area contributed by atoms with Crippen molar-refractivity contribution in [2.45, 2.75) is 6.54 Å². The zero-order valence-electron chi connectivity index (χ0n) is 13.1. The van der Waals surface area contributed by atoms with E-state index in [0.717, 1.165) is 5.56 Å². The second kappa shape index (κ2) is 8.56. The van der Waals surface area contributed by atoms with Crippen LogP contribution in [0, 0.1) is 5.82 Å². The normalized spacial score (nSPS) is 10.5. The molecule has 0 fully saturated rings. The van der Waals surface area contributed by atoms with Crippen molar-refractivity contribution < 1.29 is 14.0 Å². The molecule has 126 valence electrons. The lowest BCUT2D eigenvalue weighted by Gasteiger charge is -2.16. The molecular formula is C17H17BrFN3O2. The third kappa shape index (κ3) is 5.43. The summed E-state index contributed by atoms with van der Waals surface area (Å²) in [6.07, 6.45) is 0. The topological polar surface area (TPSA) is 61.4 Å². The Bertz CT molecular complexity index is 739. The summed E-state index contributed by atoms with van der Waals surface area (Å²) < 4.78 is 13.8. The predicted molar refractivity (Wildman–Crippen MR) is 92.5 cm³/mol. The molecule has 0 aliphatic heterocycles. The van der Waals surface area contributed by atoms with Crippen LogP contribution < -0.4 is 10.9 Å². The Labute approximate surface area is 147 Å². The Morgan fingerprint density at radius 2 is 1.88 bits per heavy atom. The molecule has 0 aromatic heterocycles. The largest absolute Gasteiger partial charge is 0.293 e. The van der Waals surface area contributed by atoms with Crippen LogP contribution in [0.3, 0.4) is 0 Å². The van der Waals surface area contributed by atoms with Crippen molar-refractivity contribution in [2.75, 3.05) is 13.6 Å². The Morgan fingerprint density at radius 3 is 2.58 bits per heavy atom. The number of hydrogen-bond donors (Lipinski definition) is 2. The molecule has 0 radical (unpaired) electrons. The Kier molecular flexibility index (Phi) is 6.45. The van der Waals surface area contributed by atoms with Crippen molar-refractivity contribution in [1.29, 1.82) is 0 Å². The molecule has 0 spiro atoms. The second-order valence-corrected chi connectivity index (χ2v) is 6.14. The summed E-state index contributed by atoms with van der Waals surface area (Å²) in [6.45, 7) is 0.482. The van der Waals surface area contributed by atoms with Gasteiger partial charge in [0.2, 0.25) is 0 Å². The van der Waals surface area contributed by atoms with Gasteiger partial charge in [-0.1, -0.05) is 24.3 Å². The fraction of sp³-hybridized carbons (Fsp3) is 0.176. The summed E-state index contributed by atoms with van der Waals surface area (Å²) in [6, 6.07) is 13.1. The number of halogens is 2. The molecule has 0 saturated heterocycles. The van der Waals surface area contributed by atoms with Crippen LogP contribution in [0.15, 0.2) is 53.0 Å². The third-order valence-corrected chi connectivity index (χ3v) is 3.88. The van der Waals surface area contributed by atoms with Gasteiger partial charge in [0.25, 0.3) is 11.8 Å². The molecule has 5 nitrogen and oxygen atoms in total. The van der Waals surface area contributed by atoms with Gasteiger partial charge < -0.3 is 0 Å². The average Bonchev–Trinajstić information content (AvgIpc) is 2.53. The van der Waals surface area contributed by atoms with Crippen molar-refractivity contribution in [3.63, 3.8) is 0 Å². The number of nitrogens with zero attached hydrogens (tertiary/aromatic N) is 1. The Balaban J connectivity index is 1.80. The van der Waals surface area contributed by atoms with Crippen molar-refractivity contribution in [1.82, 2.24) is 15.8 Å². The molecule has 0 bridgehead atoms. The van der Waals surface area contributed by atoms with Gasteiger partial charge in [0.1, 0.15) is 5.82 Å². The van der Waals surface area contributed by atoms with E-state index >= 15 is 0 Å². The molecule has 2 amide bonds. The minimum atomic E-state index is -0.413. The minimum absolute atomic E-state index is 0.0623. The molecule has 2 N–H and O–H groups in total. The van der Waals surface area contributed by atoms with Gasteiger partial charge in [-0.3, -0.25) is 25.3 Å². The van der Waals surface area contributed by atoms with Crippen LogP contribution in [0.25, 0.3) is 0 Å². The fourth-order valence-corrected chi connectivity index (χ4v) is 2.59. The number of nitrogens with one attached hydrogen (secondary N) is 2. The van der Waals surface area contributed by atoms with Gasteiger partial charge in [-0.05, 0) is 52.8 Å². The molecule has 24 heavy (non-hydrogen) atoms. The molecule has 0 atom stereocenters. The van der Waals surface area contributed by atoms with Crippen molar-refractivity contribution >= 4 is 27.7 Å². The summed E-state index contributed by atoms with van der Waals surface area (Å²) in [5.41, 5.74) is 5.91. The highest BCUT2D eigenvalue weighted by Crippen LogP contribution is 2.15. The summed E-state index contributed by atoms with van der Waals surface area (Å²) in [5.74, 6) is -1.09. The summed E-state index contributed by atoms with van der Waals surface area (Å²) >= 11 is 3.27. The highest BCUT2D eigenvalue weighted by Gasteiger charge is 2.11. The maximum Gasteiger partial charge on any atom is 0.270 e. The first-order valence-corrected chi connectivity index (χ1v) is 8.01. The first-order valence-electron chi connectivity index (χ1n) is 7.22. The lowest BCUT2D eigenvalue weighted by Crippen LogP contribution is -2.45. The molecule has 0 saturated carbocycles. The smallest absolute Gasteiger partial charge is 0.270 e. The number of hydrazine groups is 1. The quantitative estimate of drug-likeness (QED) is 0.767. The van der Waals surface area contributed by atoms with Crippen LogP contribution in [0.5, 0.6) is 0 Å². The van der Waals surface area contributed by atoms with Crippen LogP contribution >= 0.6 is 15.9 Å². The molecule has 2 aromatic carbocycles. The van der Waals surface area contributed by atoms with Crippen LogP contribution in [-0.4, -0.2) is 30.3 Å². The number of rotatable bonds is 5. The van der Waals surface area contributed by atoms with E-state index in [1.165, 1.54) is 12.1 Å². The van der Waals surface area contributed by atoms with Crippen molar-refractivity contribution in [3.05, 3.63) is 69.9 Å². The predicted octanol–water partition coefficient (Wildman–Crippen LogP) is 2.48. The molecule has 0 aliphatic rings. The highest BCUT2D eigenvalue weighted by molar-refractivity contribution is 9.10. The van der Waals surface area contributed by atoms with Gasteiger partial charge in [0, 0.05) is 11.0 Å². The maximum absolute atomic E-state index is 13.1. The molecule has 0 unspecified atom stereocenters. The highest BCUT2D eigenvalue weighted by atomic mass is 79.9. The van der Waals surface area contributed by atoms with Crippen molar-refractivity contribution in [3.8, 4) is 0 Å².